The predicted octanol–water partition coefficient (Wildman–Crippen LogP) is 6.34. The minimum atomic E-state index is -1.14. The van der Waals surface area contributed by atoms with E-state index in [4.69, 9.17) is 33.9 Å². The molecule has 1 aliphatic carbocycles. The molecule has 1 aromatic heterocycles. The summed E-state index contributed by atoms with van der Waals surface area (Å²) in [4.78, 5) is 33.8. The van der Waals surface area contributed by atoms with E-state index in [1.165, 1.54) is 6.07 Å². The van der Waals surface area contributed by atoms with Crippen LogP contribution in [0.1, 0.15) is 59.8 Å². The van der Waals surface area contributed by atoms with Gasteiger partial charge in [0, 0.05) is 47.2 Å². The molecule has 216 valence electrons. The topological polar surface area (TPSA) is 93.3 Å². The Kier molecular flexibility index (Phi) is 6.57. The highest BCUT2D eigenvalue weighted by atomic mass is 35.5. The van der Waals surface area contributed by atoms with Crippen LogP contribution < -0.4 is 11.1 Å². The van der Waals surface area contributed by atoms with Crippen LogP contribution in [0.25, 0.3) is 11.0 Å². The minimum Gasteiger partial charge on any atom is -0.366 e. The summed E-state index contributed by atoms with van der Waals surface area (Å²) in [5, 5.41) is 3.62. The lowest BCUT2D eigenvalue weighted by molar-refractivity contribution is -0.127. The minimum absolute atomic E-state index is 0.0118. The van der Waals surface area contributed by atoms with Gasteiger partial charge in [-0.2, -0.15) is 0 Å². The lowest BCUT2D eigenvalue weighted by Gasteiger charge is -2.40. The molecule has 10 heteroatoms. The molecule has 42 heavy (non-hydrogen) atoms. The van der Waals surface area contributed by atoms with Crippen molar-refractivity contribution in [2.45, 2.75) is 56.1 Å². The molecule has 2 fully saturated rings. The molecule has 4 atom stereocenters. The van der Waals surface area contributed by atoms with Gasteiger partial charge in [-0.25, -0.2) is 9.37 Å². The number of aryl methyl sites for hydroxylation is 1. The predicted molar refractivity (Wildman–Crippen MR) is 161 cm³/mol. The highest BCUT2D eigenvalue weighted by Crippen LogP contribution is 2.58. The fraction of sp³-hybridized carbons (Fsp3) is 0.344. The van der Waals surface area contributed by atoms with Crippen molar-refractivity contribution in [3.05, 3.63) is 93.5 Å². The van der Waals surface area contributed by atoms with Crippen molar-refractivity contribution in [1.82, 2.24) is 14.5 Å². The van der Waals surface area contributed by atoms with Crippen LogP contribution >= 0.6 is 23.2 Å². The van der Waals surface area contributed by atoms with Crippen LogP contribution in [0, 0.1) is 11.7 Å². The van der Waals surface area contributed by atoms with E-state index in [1.54, 1.807) is 48.5 Å². The van der Waals surface area contributed by atoms with Gasteiger partial charge in [-0.1, -0.05) is 41.4 Å². The normalized spacial score (nSPS) is 25.3. The maximum absolute atomic E-state index is 16.0. The van der Waals surface area contributed by atoms with Gasteiger partial charge in [-0.15, -0.1) is 0 Å². The summed E-state index contributed by atoms with van der Waals surface area (Å²) in [6.45, 7) is 3.34. The monoisotopic (exact) mass is 605 g/mol. The van der Waals surface area contributed by atoms with Crippen LogP contribution in [0.5, 0.6) is 0 Å². The number of fused-ring (bicyclic) bond motifs is 5. The van der Waals surface area contributed by atoms with E-state index in [0.29, 0.717) is 39.8 Å². The second kappa shape index (κ2) is 10.1. The van der Waals surface area contributed by atoms with E-state index in [9.17, 15) is 9.59 Å². The molecular formula is C32H30Cl2FN5O2. The Hall–Kier alpha value is -3.46. The van der Waals surface area contributed by atoms with Crippen molar-refractivity contribution in [3.8, 4) is 0 Å². The van der Waals surface area contributed by atoms with Crippen LogP contribution in [0.2, 0.25) is 10.0 Å². The number of rotatable bonds is 6. The molecule has 3 aromatic carbocycles. The van der Waals surface area contributed by atoms with Crippen LogP contribution in [0.3, 0.4) is 0 Å². The van der Waals surface area contributed by atoms with Crippen molar-refractivity contribution in [3.63, 3.8) is 0 Å². The zero-order valence-electron chi connectivity index (χ0n) is 23.0. The zero-order valence-corrected chi connectivity index (χ0v) is 24.5. The number of halogens is 3. The van der Waals surface area contributed by atoms with Gasteiger partial charge in [0.15, 0.2) is 0 Å². The van der Waals surface area contributed by atoms with E-state index in [2.05, 4.69) is 14.8 Å². The van der Waals surface area contributed by atoms with E-state index >= 15 is 4.39 Å². The quantitative estimate of drug-likeness (QED) is 0.268. The number of hydrogen-bond acceptors (Lipinski definition) is 4. The lowest BCUT2D eigenvalue weighted by Crippen LogP contribution is -2.56. The SMILES string of the molecule is C[C@]1(C(=O)Nc2cccc(Cl)c2)[C@@H](c2cccc(Cl)c2F)[C@@H]2c3nc4cc(C(N)=O)ccc4n3CC[C@@H]2N1CC1CC1. The molecular weight excluding hydrogens is 576 g/mol. The molecule has 3 N–H and O–H groups in total. The summed E-state index contributed by atoms with van der Waals surface area (Å²) < 4.78 is 18.2. The fourth-order valence-electron chi connectivity index (χ4n) is 7.25. The Balaban J connectivity index is 1.43. The Morgan fingerprint density at radius 3 is 2.62 bits per heavy atom. The van der Waals surface area contributed by atoms with Crippen molar-refractivity contribution >= 4 is 51.7 Å². The maximum atomic E-state index is 16.0. The third-order valence-corrected chi connectivity index (χ3v) is 9.92. The maximum Gasteiger partial charge on any atom is 0.248 e. The lowest BCUT2D eigenvalue weighted by atomic mass is 9.73. The van der Waals surface area contributed by atoms with E-state index in [0.717, 1.165) is 37.1 Å². The first kappa shape index (κ1) is 27.4. The Morgan fingerprint density at radius 1 is 1.10 bits per heavy atom. The van der Waals surface area contributed by atoms with Crippen molar-refractivity contribution in [1.29, 1.82) is 0 Å². The van der Waals surface area contributed by atoms with Crippen LogP contribution in [0.4, 0.5) is 10.1 Å². The highest BCUT2D eigenvalue weighted by molar-refractivity contribution is 6.31. The average Bonchev–Trinajstić information content (AvgIpc) is 3.65. The Morgan fingerprint density at radius 2 is 1.88 bits per heavy atom. The molecule has 3 heterocycles. The van der Waals surface area contributed by atoms with Crippen molar-refractivity contribution < 1.29 is 14.0 Å². The van der Waals surface area contributed by atoms with Crippen LogP contribution in [0.15, 0.2) is 60.7 Å². The van der Waals surface area contributed by atoms with Gasteiger partial charge >= 0.3 is 0 Å². The Labute approximate surface area is 252 Å². The van der Waals surface area contributed by atoms with Crippen LogP contribution in [-0.2, 0) is 11.3 Å². The molecule has 2 aliphatic heterocycles. The third-order valence-electron chi connectivity index (χ3n) is 9.40. The Bertz CT molecular complexity index is 1750. The first-order valence-electron chi connectivity index (χ1n) is 14.2. The summed E-state index contributed by atoms with van der Waals surface area (Å²) in [6.07, 6.45) is 2.96. The number of hydrogen-bond donors (Lipinski definition) is 2. The third kappa shape index (κ3) is 4.31. The van der Waals surface area contributed by atoms with Gasteiger partial charge < -0.3 is 15.6 Å². The van der Waals surface area contributed by atoms with Gasteiger partial charge in [-0.05, 0) is 80.1 Å². The van der Waals surface area contributed by atoms with Crippen molar-refractivity contribution in [2.75, 3.05) is 11.9 Å². The van der Waals surface area contributed by atoms with E-state index in [-0.39, 0.29) is 22.9 Å². The van der Waals surface area contributed by atoms with Gasteiger partial charge in [0.1, 0.15) is 17.2 Å². The molecule has 2 amide bonds. The molecule has 7 rings (SSSR count). The number of aromatic nitrogens is 2. The summed E-state index contributed by atoms with van der Waals surface area (Å²) in [6, 6.07) is 17.2. The molecule has 1 saturated heterocycles. The fourth-order valence-corrected chi connectivity index (χ4v) is 7.63. The number of carbonyl (C=O) groups is 2. The number of imidazole rings is 1. The summed E-state index contributed by atoms with van der Waals surface area (Å²) in [5.74, 6) is -0.958. The second-order valence-corrected chi connectivity index (χ2v) is 12.7. The van der Waals surface area contributed by atoms with Gasteiger partial charge in [0.05, 0.1) is 16.1 Å². The first-order valence-corrected chi connectivity index (χ1v) is 15.0. The molecule has 3 aliphatic rings. The highest BCUT2D eigenvalue weighted by Gasteiger charge is 2.63. The van der Waals surface area contributed by atoms with Gasteiger partial charge in [0.25, 0.3) is 0 Å². The number of nitrogens with two attached hydrogens (primary N) is 1. The first-order chi connectivity index (χ1) is 20.2. The zero-order chi connectivity index (χ0) is 29.3. The smallest absolute Gasteiger partial charge is 0.248 e. The van der Waals surface area contributed by atoms with Crippen molar-refractivity contribution in [2.24, 2.45) is 11.7 Å². The summed E-state index contributed by atoms with van der Waals surface area (Å²) in [5.41, 5.74) is 7.29. The second-order valence-electron chi connectivity index (χ2n) is 11.9. The number of amides is 2. The van der Waals surface area contributed by atoms with Crippen LogP contribution in [-0.4, -0.2) is 44.4 Å². The van der Waals surface area contributed by atoms with Gasteiger partial charge in [-0.3, -0.25) is 14.5 Å². The number of nitrogens with one attached hydrogen (secondary N) is 1. The average molecular weight is 607 g/mol. The number of likely N-dealkylation sites (tertiary alicyclic amines) is 1. The molecule has 0 radical (unpaired) electrons. The van der Waals surface area contributed by atoms with E-state index in [1.807, 2.05) is 13.0 Å². The number of carbonyl (C=O) groups excluding carboxylic acids is 2. The molecule has 0 spiro atoms. The molecule has 7 nitrogen and oxygen atoms in total. The standard InChI is InChI=1S/C32H30Cl2FN5O2/c1-32(31(42)37-20-5-2-4-19(33)15-20)27(21-6-3-7-22(34)28(21)35)26-25(40(32)16-17-8-9-17)12-13-39-24-11-10-18(29(36)41)14-23(24)38-30(26)39/h2-7,10-11,14-15,17,25-27H,8-9,12-13,16H2,1H3,(H2,36,41)(H,37,42)/t25-,26+,27-,32+/m0/s1. The number of benzene rings is 3. The molecule has 0 unspecified atom stereocenters. The van der Waals surface area contributed by atoms with E-state index < -0.39 is 23.2 Å². The number of nitrogens with zero attached hydrogens (tertiary/aromatic N) is 3. The molecule has 4 aromatic rings. The molecule has 0 bridgehead atoms. The summed E-state index contributed by atoms with van der Waals surface area (Å²) in [7, 11) is 0. The summed E-state index contributed by atoms with van der Waals surface area (Å²) >= 11 is 12.6. The largest absolute Gasteiger partial charge is 0.366 e. The number of primary amides is 1. The van der Waals surface area contributed by atoms with Gasteiger partial charge in [0.2, 0.25) is 11.8 Å². The number of anilines is 1. The molecule has 1 saturated carbocycles.